The van der Waals surface area contributed by atoms with Gasteiger partial charge in [-0.25, -0.2) is 19.2 Å². The number of hydrogen-bond acceptors (Lipinski definition) is 4. The number of hydrogen-bond donors (Lipinski definition) is 0. The van der Waals surface area contributed by atoms with E-state index < -0.39 is 11.8 Å². The zero-order valence-corrected chi connectivity index (χ0v) is 9.53. The van der Waals surface area contributed by atoms with E-state index in [1.807, 2.05) is 0 Å². The summed E-state index contributed by atoms with van der Waals surface area (Å²) >= 11 is 0. The van der Waals surface area contributed by atoms with Gasteiger partial charge in [0.1, 0.15) is 5.82 Å². The quantitative estimate of drug-likeness (QED) is 0.748. The molecular formula is C12H11FN2O2. The van der Waals surface area contributed by atoms with Crippen LogP contribution in [0.25, 0.3) is 11.0 Å². The van der Waals surface area contributed by atoms with Crippen LogP contribution in [0, 0.1) is 12.7 Å². The van der Waals surface area contributed by atoms with Gasteiger partial charge in [-0.05, 0) is 26.0 Å². The largest absolute Gasteiger partial charge is 0.461 e. The third kappa shape index (κ3) is 2.22. The Hall–Kier alpha value is -2.04. The van der Waals surface area contributed by atoms with E-state index in [4.69, 9.17) is 4.74 Å². The Bertz CT molecular complexity index is 584. The topological polar surface area (TPSA) is 52.1 Å². The molecular weight excluding hydrogens is 223 g/mol. The molecule has 17 heavy (non-hydrogen) atoms. The lowest BCUT2D eigenvalue weighted by Crippen LogP contribution is -2.10. The molecule has 1 heterocycles. The van der Waals surface area contributed by atoms with Crippen LogP contribution in [0.5, 0.6) is 0 Å². The van der Waals surface area contributed by atoms with Crippen molar-refractivity contribution in [1.29, 1.82) is 0 Å². The Morgan fingerprint density at radius 1 is 1.35 bits per heavy atom. The van der Waals surface area contributed by atoms with Crippen LogP contribution < -0.4 is 0 Å². The summed E-state index contributed by atoms with van der Waals surface area (Å²) in [7, 11) is 0. The summed E-state index contributed by atoms with van der Waals surface area (Å²) < 4.78 is 17.9. The smallest absolute Gasteiger partial charge is 0.358 e. The van der Waals surface area contributed by atoms with Gasteiger partial charge in [-0.15, -0.1) is 0 Å². The average molecular weight is 234 g/mol. The van der Waals surface area contributed by atoms with Crippen molar-refractivity contribution in [3.63, 3.8) is 0 Å². The van der Waals surface area contributed by atoms with Gasteiger partial charge in [0.2, 0.25) is 0 Å². The second kappa shape index (κ2) is 4.45. The highest BCUT2D eigenvalue weighted by molar-refractivity contribution is 5.90. The third-order valence-electron chi connectivity index (χ3n) is 2.27. The van der Waals surface area contributed by atoms with Gasteiger partial charge in [-0.1, -0.05) is 0 Å². The van der Waals surface area contributed by atoms with E-state index in [1.54, 1.807) is 13.8 Å². The van der Waals surface area contributed by atoms with Gasteiger partial charge < -0.3 is 4.74 Å². The molecule has 0 bridgehead atoms. The number of esters is 1. The van der Waals surface area contributed by atoms with E-state index >= 15 is 0 Å². The van der Waals surface area contributed by atoms with Gasteiger partial charge in [-0.2, -0.15) is 0 Å². The first-order valence-corrected chi connectivity index (χ1v) is 5.23. The van der Waals surface area contributed by atoms with Crippen molar-refractivity contribution in [1.82, 2.24) is 9.97 Å². The Morgan fingerprint density at radius 3 is 2.82 bits per heavy atom. The molecule has 4 nitrogen and oxygen atoms in total. The fourth-order valence-corrected chi connectivity index (χ4v) is 1.51. The summed E-state index contributed by atoms with van der Waals surface area (Å²) in [6.45, 7) is 3.64. The molecule has 0 radical (unpaired) electrons. The Morgan fingerprint density at radius 2 is 2.12 bits per heavy atom. The van der Waals surface area contributed by atoms with Gasteiger partial charge in [-0.3, -0.25) is 0 Å². The lowest BCUT2D eigenvalue weighted by molar-refractivity contribution is 0.0518. The van der Waals surface area contributed by atoms with Crippen molar-refractivity contribution < 1.29 is 13.9 Å². The summed E-state index contributed by atoms with van der Waals surface area (Å²) in [5.74, 6) is -0.950. The van der Waals surface area contributed by atoms with Crippen molar-refractivity contribution in [2.45, 2.75) is 13.8 Å². The fourth-order valence-electron chi connectivity index (χ4n) is 1.51. The zero-order chi connectivity index (χ0) is 12.4. The molecule has 0 aliphatic heterocycles. The van der Waals surface area contributed by atoms with Gasteiger partial charge in [0.25, 0.3) is 0 Å². The highest BCUT2D eigenvalue weighted by atomic mass is 19.1. The molecule has 1 aromatic heterocycles. The number of aromatic nitrogens is 2. The Labute approximate surface area is 97.5 Å². The van der Waals surface area contributed by atoms with Crippen LogP contribution in [-0.2, 0) is 4.74 Å². The molecule has 0 saturated carbocycles. The number of nitrogens with zero attached hydrogens (tertiary/aromatic N) is 2. The molecule has 5 heteroatoms. The first-order valence-electron chi connectivity index (χ1n) is 5.23. The fraction of sp³-hybridized carbons (Fsp3) is 0.250. The molecule has 0 unspecified atom stereocenters. The Kier molecular flexibility index (Phi) is 2.99. The van der Waals surface area contributed by atoms with Gasteiger partial charge in [0.05, 0.1) is 23.3 Å². The van der Waals surface area contributed by atoms with Crippen molar-refractivity contribution in [2.24, 2.45) is 0 Å². The van der Waals surface area contributed by atoms with Crippen molar-refractivity contribution >= 4 is 17.0 Å². The molecule has 2 rings (SSSR count). The van der Waals surface area contributed by atoms with Crippen LogP contribution in [0.2, 0.25) is 0 Å². The number of carbonyl (C=O) groups excluding carboxylic acids is 1. The molecule has 0 saturated heterocycles. The molecule has 0 aliphatic carbocycles. The first-order chi connectivity index (χ1) is 8.11. The maximum Gasteiger partial charge on any atom is 0.358 e. The molecule has 2 aromatic rings. The maximum atomic E-state index is 13.0. The molecule has 0 atom stereocenters. The van der Waals surface area contributed by atoms with E-state index in [-0.39, 0.29) is 12.3 Å². The second-order valence-electron chi connectivity index (χ2n) is 3.51. The maximum absolute atomic E-state index is 13.0. The van der Waals surface area contributed by atoms with E-state index in [2.05, 4.69) is 9.97 Å². The van der Waals surface area contributed by atoms with Crippen molar-refractivity contribution in [3.8, 4) is 0 Å². The number of ether oxygens (including phenoxy) is 1. The lowest BCUT2D eigenvalue weighted by atomic mass is 10.2. The number of rotatable bonds is 2. The minimum absolute atomic E-state index is 0.130. The second-order valence-corrected chi connectivity index (χ2v) is 3.51. The van der Waals surface area contributed by atoms with Crippen LogP contribution in [0.4, 0.5) is 4.39 Å². The van der Waals surface area contributed by atoms with Crippen LogP contribution in [0.1, 0.15) is 23.1 Å². The minimum Gasteiger partial charge on any atom is -0.461 e. The molecule has 0 aliphatic rings. The molecule has 0 fully saturated rings. The minimum atomic E-state index is -0.538. The molecule has 1 aromatic carbocycles. The Balaban J connectivity index is 2.57. The highest BCUT2D eigenvalue weighted by Crippen LogP contribution is 2.14. The summed E-state index contributed by atoms with van der Waals surface area (Å²) in [5, 5.41) is 0. The number of halogens is 1. The predicted molar refractivity (Wildman–Crippen MR) is 60.2 cm³/mol. The summed E-state index contributed by atoms with van der Waals surface area (Å²) in [6.07, 6.45) is 0. The van der Waals surface area contributed by atoms with Crippen LogP contribution >= 0.6 is 0 Å². The lowest BCUT2D eigenvalue weighted by Gasteiger charge is -2.05. The monoisotopic (exact) mass is 234 g/mol. The van der Waals surface area contributed by atoms with Gasteiger partial charge >= 0.3 is 5.97 Å². The zero-order valence-electron chi connectivity index (χ0n) is 9.53. The number of carbonyl (C=O) groups is 1. The molecule has 0 spiro atoms. The standard InChI is InChI=1S/C12H11FN2O2/c1-3-17-12(16)11-7(2)14-9-5-4-8(13)6-10(9)15-11/h4-6H,3H2,1-2H3. The van der Waals surface area contributed by atoms with Crippen LogP contribution in [0.3, 0.4) is 0 Å². The van der Waals surface area contributed by atoms with E-state index in [9.17, 15) is 9.18 Å². The van der Waals surface area contributed by atoms with Gasteiger partial charge in [0.15, 0.2) is 5.69 Å². The van der Waals surface area contributed by atoms with E-state index in [0.717, 1.165) is 0 Å². The SMILES string of the molecule is CCOC(=O)c1nc2cc(F)ccc2nc1C. The normalized spacial score (nSPS) is 10.5. The van der Waals surface area contributed by atoms with Crippen molar-refractivity contribution in [2.75, 3.05) is 6.61 Å². The average Bonchev–Trinajstić information content (AvgIpc) is 2.29. The van der Waals surface area contributed by atoms with E-state index in [1.165, 1.54) is 18.2 Å². The van der Waals surface area contributed by atoms with Crippen molar-refractivity contribution in [3.05, 3.63) is 35.4 Å². The van der Waals surface area contributed by atoms with Crippen LogP contribution in [0.15, 0.2) is 18.2 Å². The number of fused-ring (bicyclic) bond motifs is 1. The summed E-state index contributed by atoms with van der Waals surface area (Å²) in [4.78, 5) is 19.8. The number of aryl methyl sites for hydroxylation is 1. The summed E-state index contributed by atoms with van der Waals surface area (Å²) in [5.41, 5.74) is 1.50. The summed E-state index contributed by atoms with van der Waals surface area (Å²) in [6, 6.07) is 4.07. The third-order valence-corrected chi connectivity index (χ3v) is 2.27. The van der Waals surface area contributed by atoms with Crippen LogP contribution in [-0.4, -0.2) is 22.5 Å². The molecule has 0 N–H and O–H groups in total. The van der Waals surface area contributed by atoms with Gasteiger partial charge in [0, 0.05) is 6.07 Å². The van der Waals surface area contributed by atoms with E-state index in [0.29, 0.717) is 16.7 Å². The molecule has 88 valence electrons. The first kappa shape index (κ1) is 11.4. The molecule has 0 amide bonds. The highest BCUT2D eigenvalue weighted by Gasteiger charge is 2.14. The number of benzene rings is 1. The predicted octanol–water partition coefficient (Wildman–Crippen LogP) is 2.25.